The third kappa shape index (κ3) is 8.94. The zero-order chi connectivity index (χ0) is 19.7. The van der Waals surface area contributed by atoms with E-state index in [-0.39, 0.29) is 57.1 Å². The van der Waals surface area contributed by atoms with Gasteiger partial charge >= 0.3 is 51.4 Å². The van der Waals surface area contributed by atoms with Crippen molar-refractivity contribution in [3.8, 4) is 17.2 Å². The Hall–Kier alpha value is -0.414. The summed E-state index contributed by atoms with van der Waals surface area (Å²) in [6.45, 7) is 2.22. The molecule has 7 heteroatoms. The molecule has 0 amide bonds. The van der Waals surface area contributed by atoms with Gasteiger partial charge in [-0.25, -0.2) is 0 Å². The van der Waals surface area contributed by atoms with Gasteiger partial charge in [0, 0.05) is 0 Å². The molecule has 0 aliphatic rings. The molecule has 0 spiro atoms. The van der Waals surface area contributed by atoms with Crippen molar-refractivity contribution in [3.63, 3.8) is 0 Å². The average molecular weight is 431 g/mol. The molecule has 0 radical (unpaired) electrons. The van der Waals surface area contributed by atoms with Crippen molar-refractivity contribution in [1.82, 2.24) is 0 Å². The molecule has 0 aliphatic heterocycles. The fraction of sp³-hybridized carbons (Fsp3) is 0.429. The summed E-state index contributed by atoms with van der Waals surface area (Å²) in [7, 11) is -4.47. The molecule has 5 nitrogen and oxygen atoms in total. The predicted octanol–water partition coefficient (Wildman–Crippen LogP) is 2.10. The molecule has 0 fully saturated rings. The minimum Gasteiger partial charge on any atom is -0.872 e. The molecule has 0 bridgehead atoms. The number of unbranched alkanes of at least 4 members (excludes halogenated alkanes) is 6. The van der Waals surface area contributed by atoms with E-state index in [1.807, 2.05) is 12.1 Å². The first-order valence-corrected chi connectivity index (χ1v) is 10.9. The van der Waals surface area contributed by atoms with Gasteiger partial charge in [-0.2, -0.15) is 8.42 Å². The predicted molar refractivity (Wildman–Crippen MR) is 104 cm³/mol. The summed E-state index contributed by atoms with van der Waals surface area (Å²) >= 11 is 0. The van der Waals surface area contributed by atoms with Crippen LogP contribution in [0.4, 0.5) is 0 Å². The number of hydrogen-bond donors (Lipinski definition) is 1. The summed E-state index contributed by atoms with van der Waals surface area (Å²) in [5.41, 5.74) is 1.18. The summed E-state index contributed by atoms with van der Waals surface area (Å²) in [6, 6.07) is 10.5. The Morgan fingerprint density at radius 2 is 1.54 bits per heavy atom. The normalized spacial score (nSPS) is 11.1. The number of ether oxygens (including phenoxy) is 1. The van der Waals surface area contributed by atoms with Crippen LogP contribution in [0.5, 0.6) is 17.2 Å². The maximum Gasteiger partial charge on any atom is 1.00 e. The average Bonchev–Trinajstić information content (AvgIpc) is 2.61. The molecule has 28 heavy (non-hydrogen) atoms. The second-order valence-corrected chi connectivity index (χ2v) is 8.09. The summed E-state index contributed by atoms with van der Waals surface area (Å²) in [4.78, 5) is -0.422. The van der Waals surface area contributed by atoms with E-state index in [1.165, 1.54) is 44.1 Å². The summed E-state index contributed by atoms with van der Waals surface area (Å²) in [5.74, 6) is -0.161. The van der Waals surface area contributed by atoms with E-state index < -0.39 is 20.8 Å². The first kappa shape index (κ1) is 25.6. The Morgan fingerprint density at radius 3 is 2.14 bits per heavy atom. The first-order valence-electron chi connectivity index (χ1n) is 9.45. The van der Waals surface area contributed by atoms with Crippen molar-refractivity contribution in [3.05, 3.63) is 48.0 Å². The van der Waals surface area contributed by atoms with Crippen molar-refractivity contribution >= 4 is 10.1 Å². The zero-order valence-corrected chi connectivity index (χ0v) is 20.6. The molecule has 2 rings (SSSR count). The minimum absolute atomic E-state index is 0. The van der Waals surface area contributed by atoms with Crippen LogP contribution in [0, 0.1) is 0 Å². The molecule has 0 unspecified atom stereocenters. The molecular formula is C21H27KO5S. The van der Waals surface area contributed by atoms with Gasteiger partial charge in [-0.3, -0.25) is 4.55 Å². The standard InChI is InChI=1S/C21H28O5S.K/c1-2-3-4-5-6-7-8-9-17-10-13-19(14-11-17)26-20-16-18(22)12-15-21(20)27(23,24)25;/h10-16,22H,2-9H2,1H3,(H,23,24,25);/q;+1/p-1. The Balaban J connectivity index is 0.00000392. The monoisotopic (exact) mass is 430 g/mol. The topological polar surface area (TPSA) is 86.7 Å². The van der Waals surface area contributed by atoms with Gasteiger partial charge in [0.15, 0.2) is 0 Å². The molecule has 0 saturated carbocycles. The fourth-order valence-electron chi connectivity index (χ4n) is 2.92. The number of hydrogen-bond acceptors (Lipinski definition) is 4. The number of rotatable bonds is 11. The maximum absolute atomic E-state index is 11.5. The molecule has 0 aromatic heterocycles. The molecule has 148 valence electrons. The van der Waals surface area contributed by atoms with Gasteiger partial charge in [0.1, 0.15) is 16.4 Å². The third-order valence-electron chi connectivity index (χ3n) is 4.41. The molecule has 2 aromatic rings. The molecule has 0 atom stereocenters. The van der Waals surface area contributed by atoms with E-state index in [1.54, 1.807) is 12.1 Å². The van der Waals surface area contributed by atoms with Crippen LogP contribution in [0.2, 0.25) is 0 Å². The molecule has 0 aliphatic carbocycles. The van der Waals surface area contributed by atoms with Gasteiger partial charge in [-0.1, -0.05) is 63.6 Å². The van der Waals surface area contributed by atoms with Crippen molar-refractivity contribution < 1.29 is 74.2 Å². The van der Waals surface area contributed by atoms with Crippen LogP contribution in [-0.4, -0.2) is 13.0 Å². The summed E-state index contributed by atoms with van der Waals surface area (Å²) in [5, 5.41) is 11.5. The van der Waals surface area contributed by atoms with E-state index in [9.17, 15) is 18.1 Å². The van der Waals surface area contributed by atoms with Gasteiger partial charge < -0.3 is 9.84 Å². The Bertz CT molecular complexity index is 819. The molecular weight excluding hydrogens is 403 g/mol. The van der Waals surface area contributed by atoms with Gasteiger partial charge in [-0.15, -0.1) is 5.75 Å². The minimum atomic E-state index is -4.47. The number of benzene rings is 2. The van der Waals surface area contributed by atoms with Gasteiger partial charge in [0.05, 0.1) is 0 Å². The molecule has 0 heterocycles. The molecule has 2 aromatic carbocycles. The van der Waals surface area contributed by atoms with E-state index in [2.05, 4.69) is 6.92 Å². The van der Waals surface area contributed by atoms with Crippen LogP contribution < -0.4 is 61.2 Å². The second-order valence-electron chi connectivity index (χ2n) is 6.70. The summed E-state index contributed by atoms with van der Waals surface area (Å²) in [6.07, 6.45) is 9.81. The Morgan fingerprint density at radius 1 is 0.929 bits per heavy atom. The van der Waals surface area contributed by atoms with Crippen molar-refractivity contribution in [2.24, 2.45) is 0 Å². The van der Waals surface area contributed by atoms with Crippen LogP contribution in [0.1, 0.15) is 57.4 Å². The van der Waals surface area contributed by atoms with Crippen molar-refractivity contribution in [2.45, 2.75) is 63.2 Å². The van der Waals surface area contributed by atoms with Gasteiger partial charge in [-0.05, 0) is 42.7 Å². The van der Waals surface area contributed by atoms with Gasteiger partial charge in [0.2, 0.25) is 0 Å². The zero-order valence-electron chi connectivity index (χ0n) is 16.7. The maximum atomic E-state index is 11.5. The Labute approximate surface area is 210 Å². The Kier molecular flexibility index (Phi) is 11.9. The van der Waals surface area contributed by atoms with Crippen molar-refractivity contribution in [2.75, 3.05) is 0 Å². The first-order chi connectivity index (χ1) is 12.9. The van der Waals surface area contributed by atoms with E-state index in [0.717, 1.165) is 31.0 Å². The SMILES string of the molecule is CCCCCCCCCc1ccc(Oc2cc([O-])ccc2S(=O)(=O)O)cc1.[K+]. The van der Waals surface area contributed by atoms with E-state index in [4.69, 9.17) is 4.74 Å². The summed E-state index contributed by atoms with van der Waals surface area (Å²) < 4.78 is 37.6. The van der Waals surface area contributed by atoms with Crippen LogP contribution in [0.3, 0.4) is 0 Å². The van der Waals surface area contributed by atoms with Crippen LogP contribution in [0.25, 0.3) is 0 Å². The largest absolute Gasteiger partial charge is 1.00 e. The van der Waals surface area contributed by atoms with Crippen molar-refractivity contribution in [1.29, 1.82) is 0 Å². The van der Waals surface area contributed by atoms with Crippen LogP contribution in [-0.2, 0) is 16.5 Å². The quantitative estimate of drug-likeness (QED) is 0.335. The molecule has 0 saturated heterocycles. The smallest absolute Gasteiger partial charge is 0.872 e. The van der Waals surface area contributed by atoms with Crippen LogP contribution >= 0.6 is 0 Å². The van der Waals surface area contributed by atoms with Crippen LogP contribution in [0.15, 0.2) is 47.4 Å². The molecule has 1 N–H and O–H groups in total. The fourth-order valence-corrected chi connectivity index (χ4v) is 3.51. The third-order valence-corrected chi connectivity index (χ3v) is 5.31. The second kappa shape index (κ2) is 13.0. The van der Waals surface area contributed by atoms with E-state index in [0.29, 0.717) is 5.75 Å². The number of aryl methyl sites for hydroxylation is 1. The van der Waals surface area contributed by atoms with E-state index >= 15 is 0 Å². The van der Waals surface area contributed by atoms with Gasteiger partial charge in [0.25, 0.3) is 10.1 Å².